The summed E-state index contributed by atoms with van der Waals surface area (Å²) in [6.07, 6.45) is 0. The highest BCUT2D eigenvalue weighted by Gasteiger charge is 2.36. The van der Waals surface area contributed by atoms with Crippen LogP contribution in [0.3, 0.4) is 0 Å². The minimum Gasteiger partial charge on any atom is -0.455 e. The van der Waals surface area contributed by atoms with Crippen LogP contribution >= 0.6 is 0 Å². The smallest absolute Gasteiger partial charge is 0.143 e. The van der Waals surface area contributed by atoms with Crippen molar-refractivity contribution in [1.82, 2.24) is 0 Å². The van der Waals surface area contributed by atoms with E-state index in [0.717, 1.165) is 50.1 Å². The van der Waals surface area contributed by atoms with Gasteiger partial charge in [-0.25, -0.2) is 0 Å². The van der Waals surface area contributed by atoms with Crippen LogP contribution in [0, 0.1) is 0 Å². The van der Waals surface area contributed by atoms with Crippen molar-refractivity contribution < 1.29 is 4.42 Å². The Balaban J connectivity index is 1.19. The molecule has 0 fully saturated rings. The van der Waals surface area contributed by atoms with Gasteiger partial charge in [0.15, 0.2) is 0 Å². The summed E-state index contributed by atoms with van der Waals surface area (Å²) < 4.78 is 6.59. The summed E-state index contributed by atoms with van der Waals surface area (Å²) in [5.41, 5.74) is 19.4. The number of benzene rings is 9. The predicted molar refractivity (Wildman–Crippen MR) is 248 cm³/mol. The highest BCUT2D eigenvalue weighted by Crippen LogP contribution is 2.53. The van der Waals surface area contributed by atoms with Gasteiger partial charge in [0.1, 0.15) is 11.2 Å². The number of hydrogen-bond acceptors (Lipinski definition) is 2. The number of rotatable bonds is 7. The monoisotopic (exact) mass is 755 g/mol. The molecule has 0 spiro atoms. The average molecular weight is 756 g/mol. The first-order valence-electron chi connectivity index (χ1n) is 20.4. The lowest BCUT2D eigenvalue weighted by atomic mass is 9.82. The molecule has 0 unspecified atom stereocenters. The number of para-hydroxylation sites is 2. The van der Waals surface area contributed by atoms with Crippen molar-refractivity contribution in [2.45, 2.75) is 19.3 Å². The lowest BCUT2D eigenvalue weighted by molar-refractivity contribution is 0.660. The van der Waals surface area contributed by atoms with Gasteiger partial charge in [0.2, 0.25) is 0 Å². The lowest BCUT2D eigenvalue weighted by Crippen LogP contribution is -2.17. The molecule has 0 saturated carbocycles. The van der Waals surface area contributed by atoms with Crippen molar-refractivity contribution >= 4 is 39.0 Å². The number of fused-ring (bicyclic) bond motifs is 6. The number of hydrogen-bond donors (Lipinski definition) is 0. The Hall–Kier alpha value is -7.42. The van der Waals surface area contributed by atoms with Crippen LogP contribution in [0.4, 0.5) is 17.1 Å². The van der Waals surface area contributed by atoms with Gasteiger partial charge in [-0.2, -0.15) is 0 Å². The maximum absolute atomic E-state index is 6.59. The molecule has 0 aliphatic heterocycles. The fraction of sp³-hybridized carbons (Fsp3) is 0.0526. The Labute approximate surface area is 345 Å². The molecule has 1 aliphatic carbocycles. The number of anilines is 3. The summed E-state index contributed by atoms with van der Waals surface area (Å²) in [5.74, 6) is 0. The zero-order valence-corrected chi connectivity index (χ0v) is 33.1. The van der Waals surface area contributed by atoms with Gasteiger partial charge in [-0.15, -0.1) is 0 Å². The fourth-order valence-corrected chi connectivity index (χ4v) is 9.48. The zero-order chi connectivity index (χ0) is 39.5. The fourth-order valence-electron chi connectivity index (χ4n) is 9.48. The molecular formula is C57H41NO. The largest absolute Gasteiger partial charge is 0.455 e. The first-order valence-corrected chi connectivity index (χ1v) is 20.4. The Bertz CT molecular complexity index is 3190. The van der Waals surface area contributed by atoms with E-state index in [1.54, 1.807) is 0 Å². The second kappa shape index (κ2) is 13.9. The Morgan fingerprint density at radius 1 is 0.373 bits per heavy atom. The van der Waals surface area contributed by atoms with E-state index in [-0.39, 0.29) is 5.41 Å². The molecule has 1 aromatic heterocycles. The van der Waals surface area contributed by atoms with Crippen LogP contribution < -0.4 is 4.90 Å². The van der Waals surface area contributed by atoms with E-state index >= 15 is 0 Å². The molecule has 0 N–H and O–H groups in total. The van der Waals surface area contributed by atoms with Crippen LogP contribution in [0.5, 0.6) is 0 Å². The SMILES string of the molecule is CC1(C)c2ccccc2-c2ccc(N(c3cccc(-c4cccc5c4oc4ccccc45)c3)c3cccc(-c4ccccc4)c3-c3ccccc3-c3ccccc3)cc21. The highest BCUT2D eigenvalue weighted by atomic mass is 16.3. The van der Waals surface area contributed by atoms with E-state index in [9.17, 15) is 0 Å². The summed E-state index contributed by atoms with van der Waals surface area (Å²) in [5, 5.41) is 2.25. The Morgan fingerprint density at radius 2 is 0.932 bits per heavy atom. The van der Waals surface area contributed by atoms with Crippen LogP contribution in [0.25, 0.3) is 77.6 Å². The molecule has 59 heavy (non-hydrogen) atoms. The topological polar surface area (TPSA) is 16.4 Å². The molecule has 9 aromatic carbocycles. The second-order valence-corrected chi connectivity index (χ2v) is 16.0. The molecule has 2 heteroatoms. The van der Waals surface area contributed by atoms with Crippen LogP contribution in [0.15, 0.2) is 217 Å². The van der Waals surface area contributed by atoms with Gasteiger partial charge in [0.25, 0.3) is 0 Å². The molecule has 0 atom stereocenters. The normalized spacial score (nSPS) is 12.7. The van der Waals surface area contributed by atoms with E-state index in [1.807, 2.05) is 6.07 Å². The zero-order valence-electron chi connectivity index (χ0n) is 33.1. The van der Waals surface area contributed by atoms with Crippen molar-refractivity contribution in [2.75, 3.05) is 4.90 Å². The van der Waals surface area contributed by atoms with Gasteiger partial charge >= 0.3 is 0 Å². The molecule has 1 heterocycles. The van der Waals surface area contributed by atoms with Gasteiger partial charge in [-0.1, -0.05) is 190 Å². The maximum Gasteiger partial charge on any atom is 0.143 e. The third-order valence-corrected chi connectivity index (χ3v) is 12.3. The van der Waals surface area contributed by atoms with Crippen molar-refractivity contribution in [3.05, 3.63) is 223 Å². The molecule has 280 valence electrons. The molecule has 0 amide bonds. The Morgan fingerprint density at radius 3 is 1.75 bits per heavy atom. The average Bonchev–Trinajstić information content (AvgIpc) is 3.79. The third-order valence-electron chi connectivity index (χ3n) is 12.3. The first kappa shape index (κ1) is 34.8. The Kier molecular flexibility index (Phi) is 8.20. The van der Waals surface area contributed by atoms with Crippen molar-refractivity contribution in [1.29, 1.82) is 0 Å². The highest BCUT2D eigenvalue weighted by molar-refractivity contribution is 6.10. The van der Waals surface area contributed by atoms with E-state index in [0.29, 0.717) is 0 Å². The van der Waals surface area contributed by atoms with E-state index in [4.69, 9.17) is 4.42 Å². The summed E-state index contributed by atoms with van der Waals surface area (Å²) in [4.78, 5) is 2.48. The van der Waals surface area contributed by atoms with Crippen molar-refractivity contribution in [2.24, 2.45) is 0 Å². The van der Waals surface area contributed by atoms with Crippen LogP contribution in [-0.2, 0) is 5.41 Å². The summed E-state index contributed by atoms with van der Waals surface area (Å²) in [7, 11) is 0. The van der Waals surface area contributed by atoms with Crippen LogP contribution in [0.2, 0.25) is 0 Å². The lowest BCUT2D eigenvalue weighted by Gasteiger charge is -2.31. The maximum atomic E-state index is 6.59. The van der Waals surface area contributed by atoms with Gasteiger partial charge in [0, 0.05) is 38.7 Å². The first-order chi connectivity index (χ1) is 29.0. The molecule has 1 aliphatic rings. The molecular weight excluding hydrogens is 715 g/mol. The van der Waals surface area contributed by atoms with Gasteiger partial charge in [-0.05, 0) is 92.0 Å². The van der Waals surface area contributed by atoms with Gasteiger partial charge in [0.05, 0.1) is 5.69 Å². The summed E-state index contributed by atoms with van der Waals surface area (Å²) >= 11 is 0. The van der Waals surface area contributed by atoms with Gasteiger partial charge in [-0.3, -0.25) is 0 Å². The van der Waals surface area contributed by atoms with Crippen molar-refractivity contribution in [3.8, 4) is 55.6 Å². The van der Waals surface area contributed by atoms with Crippen molar-refractivity contribution in [3.63, 3.8) is 0 Å². The minimum atomic E-state index is -0.166. The van der Waals surface area contributed by atoms with E-state index < -0.39 is 0 Å². The molecule has 0 saturated heterocycles. The number of furan rings is 1. The molecule has 0 radical (unpaired) electrons. The molecule has 10 aromatic rings. The molecule has 0 bridgehead atoms. The third kappa shape index (κ3) is 5.71. The van der Waals surface area contributed by atoms with Crippen LogP contribution in [0.1, 0.15) is 25.0 Å². The minimum absolute atomic E-state index is 0.166. The molecule has 11 rings (SSSR count). The van der Waals surface area contributed by atoms with E-state index in [2.05, 4.69) is 225 Å². The van der Waals surface area contributed by atoms with E-state index in [1.165, 1.54) is 55.6 Å². The molecule has 2 nitrogen and oxygen atoms in total. The predicted octanol–water partition coefficient (Wildman–Crippen LogP) is 16.0. The van der Waals surface area contributed by atoms with Crippen LogP contribution in [-0.4, -0.2) is 0 Å². The standard InChI is InChI=1S/C57H41NO/c1-57(2)51-31-13-11-25-46(51)47-35-34-42(37-52(47)57)58(41-23-15-22-40(36-41)45-29-16-30-50-48-26-12-14-33-54(48)59-56(45)50)53-32-17-28-44(39-20-7-4-8-21-39)55(53)49-27-10-9-24-43(49)38-18-5-3-6-19-38/h3-37H,1-2H3. The quantitative estimate of drug-likeness (QED) is 0.161. The summed E-state index contributed by atoms with van der Waals surface area (Å²) in [6, 6.07) is 76.9. The van der Waals surface area contributed by atoms with Gasteiger partial charge < -0.3 is 9.32 Å². The summed E-state index contributed by atoms with van der Waals surface area (Å²) in [6.45, 7) is 4.72. The second-order valence-electron chi connectivity index (χ2n) is 16.0. The number of nitrogens with zero attached hydrogens (tertiary/aromatic N) is 1.